The van der Waals surface area contributed by atoms with Crippen molar-refractivity contribution in [3.8, 4) is 5.75 Å². The van der Waals surface area contributed by atoms with Crippen molar-refractivity contribution in [3.63, 3.8) is 0 Å². The Morgan fingerprint density at radius 2 is 1.81 bits per heavy atom. The average molecular weight is 326 g/mol. The molecule has 2 rings (SSSR count). The summed E-state index contributed by atoms with van der Waals surface area (Å²) in [6.07, 6.45) is -0.198. The predicted molar refractivity (Wildman–Crippen MR) is 86.1 cm³/mol. The largest absolute Gasteiger partial charge is 0.489 e. The van der Waals surface area contributed by atoms with Crippen molar-refractivity contribution in [1.29, 1.82) is 0 Å². The first kappa shape index (κ1) is 16.1. The molecule has 0 saturated carbocycles. The van der Waals surface area contributed by atoms with Gasteiger partial charge in [0.2, 0.25) is 0 Å². The molecule has 3 N–H and O–H groups in total. The van der Waals surface area contributed by atoms with Gasteiger partial charge in [-0.05, 0) is 30.2 Å². The van der Waals surface area contributed by atoms with Gasteiger partial charge < -0.3 is 15.6 Å². The van der Waals surface area contributed by atoms with Crippen molar-refractivity contribution in [2.75, 3.05) is 6.61 Å². The maximum Gasteiger partial charge on any atom is 0.138 e. The summed E-state index contributed by atoms with van der Waals surface area (Å²) in [6, 6.07) is 14.3. The molecule has 0 amide bonds. The van der Waals surface area contributed by atoms with E-state index in [9.17, 15) is 5.11 Å². The molecule has 0 saturated heterocycles. The molecule has 0 spiro atoms. The van der Waals surface area contributed by atoms with Gasteiger partial charge in [-0.3, -0.25) is 0 Å². The first-order valence-corrected chi connectivity index (χ1v) is 7.37. The monoisotopic (exact) mass is 325 g/mol. The molecule has 2 unspecified atom stereocenters. The van der Waals surface area contributed by atoms with Gasteiger partial charge in [0, 0.05) is 11.1 Å². The van der Waals surface area contributed by atoms with E-state index in [-0.39, 0.29) is 6.61 Å². The standard InChI is InChI=1S/C16H17Cl2NO2/c17-12-6-7-16(13(18)9-12)21-10-15(20)14(19)8-11-4-2-1-3-5-11/h1-7,9,14-15,20H,8,10,19H2. The van der Waals surface area contributed by atoms with Crippen molar-refractivity contribution in [2.24, 2.45) is 5.73 Å². The third-order valence-electron chi connectivity index (χ3n) is 3.11. The van der Waals surface area contributed by atoms with Gasteiger partial charge >= 0.3 is 0 Å². The van der Waals surface area contributed by atoms with Gasteiger partial charge in [-0.25, -0.2) is 0 Å². The molecule has 2 aromatic rings. The van der Waals surface area contributed by atoms with Crippen molar-refractivity contribution >= 4 is 23.2 Å². The quantitative estimate of drug-likeness (QED) is 0.856. The molecule has 3 nitrogen and oxygen atoms in total. The molecular formula is C16H17Cl2NO2. The molecule has 0 bridgehead atoms. The van der Waals surface area contributed by atoms with Gasteiger partial charge in [0.05, 0.1) is 5.02 Å². The van der Waals surface area contributed by atoms with Crippen LogP contribution in [0.25, 0.3) is 0 Å². The van der Waals surface area contributed by atoms with Crippen LogP contribution in [0.1, 0.15) is 5.56 Å². The molecular weight excluding hydrogens is 309 g/mol. The number of aliphatic hydroxyl groups is 1. The fourth-order valence-electron chi connectivity index (χ4n) is 1.91. The molecule has 0 heterocycles. The molecule has 2 aromatic carbocycles. The minimum atomic E-state index is -0.781. The number of hydrogen-bond acceptors (Lipinski definition) is 3. The van der Waals surface area contributed by atoms with E-state index in [2.05, 4.69) is 0 Å². The van der Waals surface area contributed by atoms with Crippen LogP contribution in [0.5, 0.6) is 5.75 Å². The fourth-order valence-corrected chi connectivity index (χ4v) is 2.38. The van der Waals surface area contributed by atoms with Crippen LogP contribution in [0.4, 0.5) is 0 Å². The van der Waals surface area contributed by atoms with Crippen molar-refractivity contribution in [3.05, 3.63) is 64.1 Å². The molecule has 0 aliphatic carbocycles. The summed E-state index contributed by atoms with van der Waals surface area (Å²) in [5.41, 5.74) is 7.07. The molecule has 112 valence electrons. The summed E-state index contributed by atoms with van der Waals surface area (Å²) in [5, 5.41) is 11.0. The van der Waals surface area contributed by atoms with Crippen LogP contribution in [0, 0.1) is 0 Å². The molecule has 2 atom stereocenters. The number of halogens is 2. The van der Waals surface area contributed by atoms with Gasteiger partial charge in [-0.1, -0.05) is 53.5 Å². The number of hydrogen-bond donors (Lipinski definition) is 2. The Balaban J connectivity index is 1.87. The maximum atomic E-state index is 10.1. The fraction of sp³-hybridized carbons (Fsp3) is 0.250. The summed E-state index contributed by atoms with van der Waals surface area (Å²) in [5.74, 6) is 0.479. The van der Waals surface area contributed by atoms with E-state index in [1.54, 1.807) is 18.2 Å². The lowest BCUT2D eigenvalue weighted by Crippen LogP contribution is -2.40. The molecule has 0 aromatic heterocycles. The van der Waals surface area contributed by atoms with Gasteiger partial charge in [0.15, 0.2) is 0 Å². The number of nitrogens with two attached hydrogens (primary N) is 1. The number of ether oxygens (including phenoxy) is 1. The third-order valence-corrected chi connectivity index (χ3v) is 3.64. The molecule has 0 aliphatic rings. The van der Waals surface area contributed by atoms with E-state index < -0.39 is 12.1 Å². The minimum absolute atomic E-state index is 0.0787. The normalized spacial score (nSPS) is 13.7. The Morgan fingerprint density at radius 3 is 2.48 bits per heavy atom. The highest BCUT2D eigenvalue weighted by molar-refractivity contribution is 6.35. The molecule has 21 heavy (non-hydrogen) atoms. The Bertz CT molecular complexity index is 578. The summed E-state index contributed by atoms with van der Waals surface area (Å²) in [4.78, 5) is 0. The van der Waals surface area contributed by atoms with Gasteiger partial charge in [-0.2, -0.15) is 0 Å². The van der Waals surface area contributed by atoms with Gasteiger partial charge in [-0.15, -0.1) is 0 Å². The van der Waals surface area contributed by atoms with Crippen LogP contribution in [0.2, 0.25) is 10.0 Å². The lowest BCUT2D eigenvalue weighted by Gasteiger charge is -2.19. The first-order chi connectivity index (χ1) is 10.1. The van der Waals surface area contributed by atoms with Crippen LogP contribution in [0.15, 0.2) is 48.5 Å². The van der Waals surface area contributed by atoms with E-state index in [1.165, 1.54) is 0 Å². The molecule has 0 fully saturated rings. The molecule has 0 radical (unpaired) electrons. The van der Waals surface area contributed by atoms with E-state index in [4.69, 9.17) is 33.7 Å². The van der Waals surface area contributed by atoms with E-state index in [1.807, 2.05) is 30.3 Å². The number of rotatable bonds is 6. The SMILES string of the molecule is NC(Cc1ccccc1)C(O)COc1ccc(Cl)cc1Cl. The second-order valence-electron chi connectivity index (χ2n) is 4.81. The molecule has 5 heteroatoms. The zero-order valence-electron chi connectivity index (χ0n) is 11.4. The Kier molecular flexibility index (Phi) is 5.88. The lowest BCUT2D eigenvalue weighted by molar-refractivity contribution is 0.0852. The topological polar surface area (TPSA) is 55.5 Å². The zero-order valence-corrected chi connectivity index (χ0v) is 12.9. The second-order valence-corrected chi connectivity index (χ2v) is 5.65. The minimum Gasteiger partial charge on any atom is -0.489 e. The smallest absolute Gasteiger partial charge is 0.138 e. The predicted octanol–water partition coefficient (Wildman–Crippen LogP) is 3.30. The van der Waals surface area contributed by atoms with Crippen LogP contribution in [-0.4, -0.2) is 23.9 Å². The van der Waals surface area contributed by atoms with Crippen LogP contribution in [0.3, 0.4) is 0 Å². The highest BCUT2D eigenvalue weighted by Crippen LogP contribution is 2.27. The van der Waals surface area contributed by atoms with Crippen molar-refractivity contribution in [1.82, 2.24) is 0 Å². The summed E-state index contributed by atoms with van der Waals surface area (Å²) in [7, 11) is 0. The van der Waals surface area contributed by atoms with Crippen LogP contribution < -0.4 is 10.5 Å². The Morgan fingerprint density at radius 1 is 1.10 bits per heavy atom. The molecule has 0 aliphatic heterocycles. The van der Waals surface area contributed by atoms with Crippen molar-refractivity contribution in [2.45, 2.75) is 18.6 Å². The summed E-state index contributed by atoms with van der Waals surface area (Å²) >= 11 is 11.8. The van der Waals surface area contributed by atoms with Crippen molar-refractivity contribution < 1.29 is 9.84 Å². The third kappa shape index (κ3) is 4.90. The average Bonchev–Trinajstić information content (AvgIpc) is 2.47. The first-order valence-electron chi connectivity index (χ1n) is 6.61. The van der Waals surface area contributed by atoms with Gasteiger partial charge in [0.25, 0.3) is 0 Å². The maximum absolute atomic E-state index is 10.1. The number of aliphatic hydroxyl groups excluding tert-OH is 1. The summed E-state index contributed by atoms with van der Waals surface area (Å²) in [6.45, 7) is 0.0787. The zero-order chi connectivity index (χ0) is 15.2. The number of benzene rings is 2. The van der Waals surface area contributed by atoms with Crippen LogP contribution >= 0.6 is 23.2 Å². The Labute approximate surface area is 134 Å². The Hall–Kier alpha value is -1.26. The second kappa shape index (κ2) is 7.66. The lowest BCUT2D eigenvalue weighted by atomic mass is 10.0. The van der Waals surface area contributed by atoms with E-state index >= 15 is 0 Å². The highest BCUT2D eigenvalue weighted by Gasteiger charge is 2.16. The van der Waals surface area contributed by atoms with Crippen LogP contribution in [-0.2, 0) is 6.42 Å². The van der Waals surface area contributed by atoms with E-state index in [0.29, 0.717) is 22.2 Å². The van der Waals surface area contributed by atoms with E-state index in [0.717, 1.165) is 5.56 Å². The van der Waals surface area contributed by atoms with Gasteiger partial charge in [0.1, 0.15) is 18.5 Å². The summed E-state index contributed by atoms with van der Waals surface area (Å²) < 4.78 is 5.49. The highest BCUT2D eigenvalue weighted by atomic mass is 35.5.